The zero-order valence-corrected chi connectivity index (χ0v) is 9.98. The minimum atomic E-state index is 0.453. The van der Waals surface area contributed by atoms with Gasteiger partial charge in [-0.05, 0) is 19.3 Å². The zero-order chi connectivity index (χ0) is 11.4. The van der Waals surface area contributed by atoms with Crippen molar-refractivity contribution < 1.29 is 4.42 Å². The molecule has 1 saturated heterocycles. The highest BCUT2D eigenvalue weighted by Crippen LogP contribution is 2.25. The van der Waals surface area contributed by atoms with Gasteiger partial charge in [-0.2, -0.15) is 4.98 Å². The largest absolute Gasteiger partial charge is 0.432 e. The Bertz CT molecular complexity index is 324. The molecule has 0 amide bonds. The maximum Gasteiger partial charge on any atom is 0.297 e. The Hall–Kier alpha value is -1.03. The molecule has 1 aromatic rings. The summed E-state index contributed by atoms with van der Waals surface area (Å²) >= 11 is 0. The van der Waals surface area contributed by atoms with Crippen LogP contribution in [0.3, 0.4) is 0 Å². The molecular formula is C12H21N3O. The van der Waals surface area contributed by atoms with Gasteiger partial charge >= 0.3 is 0 Å². The molecular weight excluding hydrogens is 202 g/mol. The third-order valence-corrected chi connectivity index (χ3v) is 3.34. The Morgan fingerprint density at radius 1 is 1.50 bits per heavy atom. The van der Waals surface area contributed by atoms with Crippen LogP contribution in [0.15, 0.2) is 10.7 Å². The van der Waals surface area contributed by atoms with Crippen molar-refractivity contribution in [2.45, 2.75) is 51.6 Å². The molecule has 1 aliphatic rings. The molecule has 2 rings (SSSR count). The molecule has 0 radical (unpaired) electrons. The van der Waals surface area contributed by atoms with Gasteiger partial charge in [-0.3, -0.25) is 0 Å². The van der Waals surface area contributed by atoms with Crippen LogP contribution in [0.1, 0.15) is 44.7 Å². The third kappa shape index (κ3) is 2.38. The standard InChI is InChI=1S/C12H21N3O/c1-2-11-6-4-3-5-7-15(11)12-14-10(8-13)9-16-12/h9,11H,2-8,13H2,1H3. The van der Waals surface area contributed by atoms with Crippen LogP contribution in [-0.2, 0) is 6.54 Å². The van der Waals surface area contributed by atoms with E-state index in [2.05, 4.69) is 16.8 Å². The van der Waals surface area contributed by atoms with E-state index in [4.69, 9.17) is 10.2 Å². The normalized spacial score (nSPS) is 22.1. The molecule has 0 bridgehead atoms. The second kappa shape index (κ2) is 5.34. The number of oxazole rings is 1. The van der Waals surface area contributed by atoms with Gasteiger partial charge in [0, 0.05) is 19.1 Å². The van der Waals surface area contributed by atoms with Gasteiger partial charge in [-0.1, -0.05) is 19.8 Å². The van der Waals surface area contributed by atoms with Crippen molar-refractivity contribution in [3.05, 3.63) is 12.0 Å². The molecule has 0 aliphatic carbocycles. The minimum Gasteiger partial charge on any atom is -0.432 e. The van der Waals surface area contributed by atoms with E-state index in [0.717, 1.165) is 24.7 Å². The van der Waals surface area contributed by atoms with E-state index in [-0.39, 0.29) is 0 Å². The molecule has 90 valence electrons. The van der Waals surface area contributed by atoms with Crippen LogP contribution in [0.4, 0.5) is 6.01 Å². The van der Waals surface area contributed by atoms with Gasteiger partial charge in [0.2, 0.25) is 0 Å². The van der Waals surface area contributed by atoms with Crippen molar-refractivity contribution in [3.8, 4) is 0 Å². The highest BCUT2D eigenvalue weighted by atomic mass is 16.4. The van der Waals surface area contributed by atoms with Crippen LogP contribution in [0.25, 0.3) is 0 Å². The van der Waals surface area contributed by atoms with Crippen molar-refractivity contribution in [1.82, 2.24) is 4.98 Å². The van der Waals surface area contributed by atoms with Gasteiger partial charge in [0.05, 0.1) is 5.69 Å². The Balaban J connectivity index is 2.14. The lowest BCUT2D eigenvalue weighted by Crippen LogP contribution is -2.34. The summed E-state index contributed by atoms with van der Waals surface area (Å²) in [6.45, 7) is 3.74. The van der Waals surface area contributed by atoms with Gasteiger partial charge < -0.3 is 15.1 Å². The number of hydrogen-bond acceptors (Lipinski definition) is 4. The van der Waals surface area contributed by atoms with Crippen LogP contribution in [-0.4, -0.2) is 17.6 Å². The lowest BCUT2D eigenvalue weighted by molar-refractivity contribution is 0.479. The van der Waals surface area contributed by atoms with Crippen LogP contribution in [0, 0.1) is 0 Å². The number of anilines is 1. The quantitative estimate of drug-likeness (QED) is 0.854. The molecule has 16 heavy (non-hydrogen) atoms. The molecule has 0 spiro atoms. The summed E-state index contributed by atoms with van der Waals surface area (Å²) in [5.41, 5.74) is 6.39. The Morgan fingerprint density at radius 3 is 3.06 bits per heavy atom. The number of rotatable bonds is 3. The molecule has 0 aromatic carbocycles. The summed E-state index contributed by atoms with van der Waals surface area (Å²) < 4.78 is 5.52. The Morgan fingerprint density at radius 2 is 2.38 bits per heavy atom. The first kappa shape index (κ1) is 11.5. The first-order valence-electron chi connectivity index (χ1n) is 6.26. The predicted molar refractivity (Wildman–Crippen MR) is 64.3 cm³/mol. The van der Waals surface area contributed by atoms with Crippen LogP contribution in [0.5, 0.6) is 0 Å². The van der Waals surface area contributed by atoms with Crippen molar-refractivity contribution in [3.63, 3.8) is 0 Å². The second-order valence-electron chi connectivity index (χ2n) is 4.43. The lowest BCUT2D eigenvalue weighted by atomic mass is 10.1. The van der Waals surface area contributed by atoms with Crippen molar-refractivity contribution >= 4 is 6.01 Å². The highest BCUT2D eigenvalue weighted by molar-refractivity contribution is 5.29. The molecule has 1 aromatic heterocycles. The molecule has 4 nitrogen and oxygen atoms in total. The second-order valence-corrected chi connectivity index (χ2v) is 4.43. The van der Waals surface area contributed by atoms with Gasteiger partial charge in [-0.25, -0.2) is 0 Å². The summed E-state index contributed by atoms with van der Waals surface area (Å²) in [6, 6.07) is 1.33. The first-order chi connectivity index (χ1) is 7.85. The van der Waals surface area contributed by atoms with Crippen molar-refractivity contribution in [2.75, 3.05) is 11.4 Å². The summed E-state index contributed by atoms with van der Waals surface area (Å²) in [5.74, 6) is 0. The third-order valence-electron chi connectivity index (χ3n) is 3.34. The van der Waals surface area contributed by atoms with E-state index in [9.17, 15) is 0 Å². The number of nitrogens with zero attached hydrogens (tertiary/aromatic N) is 2. The summed E-state index contributed by atoms with van der Waals surface area (Å²) in [5, 5.41) is 0. The fraction of sp³-hybridized carbons (Fsp3) is 0.750. The Labute approximate surface area is 96.8 Å². The minimum absolute atomic E-state index is 0.453. The number of aromatic nitrogens is 1. The van der Waals surface area contributed by atoms with Crippen LogP contribution < -0.4 is 10.6 Å². The smallest absolute Gasteiger partial charge is 0.297 e. The SMILES string of the molecule is CCC1CCCCCN1c1nc(CN)co1. The molecule has 1 aliphatic heterocycles. The van der Waals surface area contributed by atoms with Crippen LogP contribution >= 0.6 is 0 Å². The number of hydrogen-bond donors (Lipinski definition) is 1. The maximum atomic E-state index is 5.55. The van der Waals surface area contributed by atoms with E-state index >= 15 is 0 Å². The molecule has 1 unspecified atom stereocenters. The topological polar surface area (TPSA) is 55.3 Å². The summed E-state index contributed by atoms with van der Waals surface area (Å²) in [7, 11) is 0. The summed E-state index contributed by atoms with van der Waals surface area (Å²) in [6.07, 6.45) is 7.94. The maximum absolute atomic E-state index is 5.55. The van der Waals surface area contributed by atoms with Gasteiger partial charge in [0.25, 0.3) is 6.01 Å². The van der Waals surface area contributed by atoms with E-state index in [1.807, 2.05) is 0 Å². The van der Waals surface area contributed by atoms with E-state index < -0.39 is 0 Å². The fourth-order valence-electron chi connectivity index (χ4n) is 2.38. The van der Waals surface area contributed by atoms with Crippen LogP contribution in [0.2, 0.25) is 0 Å². The molecule has 0 saturated carbocycles. The van der Waals surface area contributed by atoms with E-state index in [0.29, 0.717) is 12.6 Å². The average molecular weight is 223 g/mol. The highest BCUT2D eigenvalue weighted by Gasteiger charge is 2.23. The van der Waals surface area contributed by atoms with Gasteiger partial charge in [0.15, 0.2) is 0 Å². The molecule has 1 fully saturated rings. The van der Waals surface area contributed by atoms with Crippen molar-refractivity contribution in [1.29, 1.82) is 0 Å². The lowest BCUT2D eigenvalue weighted by Gasteiger charge is -2.27. The fourth-order valence-corrected chi connectivity index (χ4v) is 2.38. The predicted octanol–water partition coefficient (Wildman–Crippen LogP) is 2.29. The Kier molecular flexibility index (Phi) is 3.83. The molecule has 4 heteroatoms. The van der Waals surface area contributed by atoms with E-state index in [1.165, 1.54) is 25.7 Å². The molecule has 2 heterocycles. The van der Waals surface area contributed by atoms with E-state index in [1.54, 1.807) is 6.26 Å². The number of nitrogens with two attached hydrogens (primary N) is 1. The van der Waals surface area contributed by atoms with Crippen molar-refractivity contribution in [2.24, 2.45) is 5.73 Å². The molecule has 1 atom stereocenters. The summed E-state index contributed by atoms with van der Waals surface area (Å²) in [4.78, 5) is 6.74. The van der Waals surface area contributed by atoms with Gasteiger partial charge in [-0.15, -0.1) is 0 Å². The molecule has 2 N–H and O–H groups in total. The average Bonchev–Trinajstić information content (AvgIpc) is 2.66. The first-order valence-corrected chi connectivity index (χ1v) is 6.26. The zero-order valence-electron chi connectivity index (χ0n) is 9.98. The van der Waals surface area contributed by atoms with Gasteiger partial charge in [0.1, 0.15) is 6.26 Å². The monoisotopic (exact) mass is 223 g/mol.